The fourth-order valence-electron chi connectivity index (χ4n) is 8.80. The van der Waals surface area contributed by atoms with Crippen LogP contribution in [0.3, 0.4) is 0 Å². The molecule has 0 bridgehead atoms. The van der Waals surface area contributed by atoms with Crippen molar-refractivity contribution in [2.24, 2.45) is 39.4 Å². The van der Waals surface area contributed by atoms with Gasteiger partial charge >= 0.3 is 0 Å². The highest BCUT2D eigenvalue weighted by Crippen LogP contribution is 2.71. The molecule has 0 saturated heterocycles. The van der Waals surface area contributed by atoms with Crippen molar-refractivity contribution < 1.29 is 10.2 Å². The molecule has 0 aliphatic heterocycles. The van der Waals surface area contributed by atoms with E-state index in [4.69, 9.17) is 0 Å². The monoisotopic (exact) mass is 440 g/mol. The summed E-state index contributed by atoms with van der Waals surface area (Å²) in [5.41, 5.74) is 5.18. The molecule has 2 fully saturated rings. The van der Waals surface area contributed by atoms with Gasteiger partial charge in [-0.05, 0) is 109 Å². The van der Waals surface area contributed by atoms with Gasteiger partial charge in [0.1, 0.15) is 0 Å². The smallest absolute Gasteiger partial charge is 0.0639 e. The van der Waals surface area contributed by atoms with Crippen molar-refractivity contribution in [3.63, 3.8) is 0 Å². The second kappa shape index (κ2) is 8.12. The summed E-state index contributed by atoms with van der Waals surface area (Å²) in [7, 11) is 0. The number of aliphatic hydroxyl groups excluding tert-OH is 2. The molecule has 2 saturated carbocycles. The molecule has 0 spiro atoms. The predicted octanol–water partition coefficient (Wildman–Crippen LogP) is 7.23. The lowest BCUT2D eigenvalue weighted by Gasteiger charge is -2.61. The standard InChI is InChI=1S/C30H48O2/c1-20(19-31)9-8-10-21(2)22-13-17-30(7)24-11-12-25-27(3,4)26(32)15-16-28(25,5)23(24)14-18-29(22,30)6/h9,11,14,21-22,25-26,31-32H,8,10,12-13,15-19H2,1-7H3/t21?,22?,25?,26?,28-,29-,30+/m1/s1. The molecule has 32 heavy (non-hydrogen) atoms. The molecule has 0 aromatic carbocycles. The SMILES string of the molecule is CC(=CCCC(C)C1CC[C@@]2(C)C3=CCC4C(C)(C)C(O)CC[C@]4(C)C3=CC[C@]12C)CO. The Morgan fingerprint density at radius 1 is 1.09 bits per heavy atom. The van der Waals surface area contributed by atoms with Crippen molar-refractivity contribution in [2.75, 3.05) is 6.61 Å². The summed E-state index contributed by atoms with van der Waals surface area (Å²) in [5.74, 6) is 1.99. The number of aliphatic hydroxyl groups is 2. The molecule has 4 rings (SSSR count). The van der Waals surface area contributed by atoms with Gasteiger partial charge in [-0.25, -0.2) is 0 Å². The van der Waals surface area contributed by atoms with Crippen molar-refractivity contribution >= 4 is 0 Å². The maximum Gasteiger partial charge on any atom is 0.0639 e. The van der Waals surface area contributed by atoms with E-state index in [0.29, 0.717) is 17.3 Å². The topological polar surface area (TPSA) is 40.5 Å². The molecule has 2 nitrogen and oxygen atoms in total. The van der Waals surface area contributed by atoms with Crippen molar-refractivity contribution in [1.29, 1.82) is 0 Å². The zero-order valence-electron chi connectivity index (χ0n) is 21.8. The Kier molecular flexibility index (Phi) is 6.16. The van der Waals surface area contributed by atoms with Crippen LogP contribution in [0.15, 0.2) is 34.9 Å². The molecule has 0 amide bonds. The van der Waals surface area contributed by atoms with E-state index in [9.17, 15) is 10.2 Å². The zero-order chi connectivity index (χ0) is 23.5. The molecular formula is C30H48O2. The first-order valence-corrected chi connectivity index (χ1v) is 13.3. The lowest BCUT2D eigenvalue weighted by atomic mass is 9.44. The molecule has 4 unspecified atom stereocenters. The zero-order valence-corrected chi connectivity index (χ0v) is 21.8. The maximum atomic E-state index is 10.8. The van der Waals surface area contributed by atoms with Gasteiger partial charge in [0.2, 0.25) is 0 Å². The molecule has 0 aromatic heterocycles. The third-order valence-corrected chi connectivity index (χ3v) is 11.3. The van der Waals surface area contributed by atoms with E-state index < -0.39 is 0 Å². The predicted molar refractivity (Wildman–Crippen MR) is 134 cm³/mol. The van der Waals surface area contributed by atoms with Crippen LogP contribution < -0.4 is 0 Å². The highest BCUT2D eigenvalue weighted by atomic mass is 16.3. The first-order chi connectivity index (χ1) is 14.9. The minimum atomic E-state index is -0.180. The third-order valence-electron chi connectivity index (χ3n) is 11.3. The average Bonchev–Trinajstić information content (AvgIpc) is 3.02. The molecule has 0 heterocycles. The lowest BCUT2D eigenvalue weighted by Crippen LogP contribution is -2.54. The van der Waals surface area contributed by atoms with Gasteiger partial charge in [-0.2, -0.15) is 0 Å². The normalized spacial score (nSPS) is 44.2. The van der Waals surface area contributed by atoms with Crippen LogP contribution in [0.1, 0.15) is 99.8 Å². The molecule has 2 N–H and O–H groups in total. The fraction of sp³-hybridized carbons (Fsp3) is 0.800. The van der Waals surface area contributed by atoms with E-state index >= 15 is 0 Å². The Bertz CT molecular complexity index is 832. The highest BCUT2D eigenvalue weighted by Gasteiger charge is 2.62. The Morgan fingerprint density at radius 3 is 2.50 bits per heavy atom. The largest absolute Gasteiger partial charge is 0.393 e. The molecule has 2 heteroatoms. The van der Waals surface area contributed by atoms with Crippen molar-refractivity contribution in [3.05, 3.63) is 34.9 Å². The van der Waals surface area contributed by atoms with Crippen LogP contribution in [0.5, 0.6) is 0 Å². The van der Waals surface area contributed by atoms with Crippen LogP contribution in [-0.2, 0) is 0 Å². The van der Waals surface area contributed by atoms with Gasteiger partial charge in [0.25, 0.3) is 0 Å². The van der Waals surface area contributed by atoms with Gasteiger partial charge in [-0.1, -0.05) is 65.3 Å². The first kappa shape index (κ1) is 24.3. The molecule has 4 aliphatic carbocycles. The molecule has 0 aromatic rings. The van der Waals surface area contributed by atoms with Gasteiger partial charge in [-0.3, -0.25) is 0 Å². The first-order valence-electron chi connectivity index (χ1n) is 13.3. The average molecular weight is 441 g/mol. The van der Waals surface area contributed by atoms with Gasteiger partial charge in [0.05, 0.1) is 12.7 Å². The number of rotatable bonds is 5. The summed E-state index contributed by atoms with van der Waals surface area (Å²) in [4.78, 5) is 0. The van der Waals surface area contributed by atoms with Gasteiger partial charge in [0.15, 0.2) is 0 Å². The van der Waals surface area contributed by atoms with Gasteiger partial charge in [0, 0.05) is 0 Å². The van der Waals surface area contributed by atoms with E-state index in [1.54, 1.807) is 11.1 Å². The summed E-state index contributed by atoms with van der Waals surface area (Å²) < 4.78 is 0. The summed E-state index contributed by atoms with van der Waals surface area (Å²) in [5, 5.41) is 20.1. The summed E-state index contributed by atoms with van der Waals surface area (Å²) in [6, 6.07) is 0. The maximum absolute atomic E-state index is 10.8. The van der Waals surface area contributed by atoms with E-state index in [1.165, 1.54) is 25.7 Å². The highest BCUT2D eigenvalue weighted by molar-refractivity contribution is 5.49. The third kappa shape index (κ3) is 3.34. The quantitative estimate of drug-likeness (QED) is 0.443. The van der Waals surface area contributed by atoms with E-state index in [0.717, 1.165) is 37.2 Å². The van der Waals surface area contributed by atoms with Crippen molar-refractivity contribution in [2.45, 2.75) is 106 Å². The van der Waals surface area contributed by atoms with E-state index in [-0.39, 0.29) is 29.0 Å². The Hall–Kier alpha value is -0.860. The Balaban J connectivity index is 1.63. The van der Waals surface area contributed by atoms with Crippen LogP contribution in [0.2, 0.25) is 0 Å². The van der Waals surface area contributed by atoms with Crippen LogP contribution in [0, 0.1) is 39.4 Å². The van der Waals surface area contributed by atoms with E-state index in [1.807, 2.05) is 6.92 Å². The minimum absolute atomic E-state index is 0.0233. The molecule has 0 radical (unpaired) electrons. The molecule has 180 valence electrons. The van der Waals surface area contributed by atoms with Crippen LogP contribution in [0.4, 0.5) is 0 Å². The number of hydrogen-bond acceptors (Lipinski definition) is 2. The Labute approximate surface area is 197 Å². The second-order valence-electron chi connectivity index (χ2n) is 13.2. The molecule has 7 atom stereocenters. The summed E-state index contributed by atoms with van der Waals surface area (Å²) in [6.07, 6.45) is 16.6. The van der Waals surface area contributed by atoms with Crippen LogP contribution >= 0.6 is 0 Å². The fourth-order valence-corrected chi connectivity index (χ4v) is 8.80. The molecule has 4 aliphatic rings. The molecular weight excluding hydrogens is 392 g/mol. The van der Waals surface area contributed by atoms with Crippen molar-refractivity contribution in [3.8, 4) is 0 Å². The van der Waals surface area contributed by atoms with Crippen molar-refractivity contribution in [1.82, 2.24) is 0 Å². The Morgan fingerprint density at radius 2 is 1.81 bits per heavy atom. The minimum Gasteiger partial charge on any atom is -0.393 e. The second-order valence-corrected chi connectivity index (χ2v) is 13.2. The lowest BCUT2D eigenvalue weighted by molar-refractivity contribution is -0.0851. The van der Waals surface area contributed by atoms with E-state index in [2.05, 4.69) is 59.8 Å². The van der Waals surface area contributed by atoms with Crippen LogP contribution in [0.25, 0.3) is 0 Å². The summed E-state index contributed by atoms with van der Waals surface area (Å²) >= 11 is 0. The van der Waals surface area contributed by atoms with Crippen LogP contribution in [-0.4, -0.2) is 22.9 Å². The number of fused-ring (bicyclic) bond motifs is 5. The number of allylic oxidation sites excluding steroid dienone is 5. The summed E-state index contributed by atoms with van der Waals surface area (Å²) in [6.45, 7) is 17.0. The van der Waals surface area contributed by atoms with Gasteiger partial charge < -0.3 is 10.2 Å². The number of hydrogen-bond donors (Lipinski definition) is 2. The van der Waals surface area contributed by atoms with Gasteiger partial charge in [-0.15, -0.1) is 0 Å².